The van der Waals surface area contributed by atoms with Gasteiger partial charge in [0.15, 0.2) is 0 Å². The fraction of sp³-hybridized carbons (Fsp3) is 0.455. The van der Waals surface area contributed by atoms with E-state index in [0.717, 1.165) is 30.0 Å². The Balaban J connectivity index is 2.17. The van der Waals surface area contributed by atoms with Crippen LogP contribution in [0.4, 0.5) is 0 Å². The number of halogens is 1. The van der Waals surface area contributed by atoms with Crippen molar-refractivity contribution < 1.29 is 9.47 Å². The van der Waals surface area contributed by atoms with E-state index in [9.17, 15) is 0 Å². The van der Waals surface area contributed by atoms with Crippen molar-refractivity contribution in [3.05, 3.63) is 28.2 Å². The van der Waals surface area contributed by atoms with E-state index in [1.165, 1.54) is 5.56 Å². The van der Waals surface area contributed by atoms with E-state index in [2.05, 4.69) is 33.4 Å². The molecule has 0 saturated carbocycles. The lowest BCUT2D eigenvalue weighted by Gasteiger charge is -2.24. The first kappa shape index (κ1) is 10.9. The number of benzene rings is 1. The summed E-state index contributed by atoms with van der Waals surface area (Å²) in [5, 5.41) is 3.41. The van der Waals surface area contributed by atoms with Gasteiger partial charge in [-0.05, 0) is 33.6 Å². The molecule has 1 atom stereocenters. The molecule has 0 spiro atoms. The van der Waals surface area contributed by atoms with Gasteiger partial charge in [-0.15, -0.1) is 0 Å². The Kier molecular flexibility index (Phi) is 3.61. The predicted molar refractivity (Wildman–Crippen MR) is 62.3 cm³/mol. The van der Waals surface area contributed by atoms with E-state index in [1.807, 2.05) is 6.07 Å². The molecule has 0 aromatic heterocycles. The first-order chi connectivity index (χ1) is 7.31. The van der Waals surface area contributed by atoms with E-state index in [-0.39, 0.29) is 0 Å². The highest BCUT2D eigenvalue weighted by atomic mass is 79.9. The van der Waals surface area contributed by atoms with Crippen molar-refractivity contribution in [3.63, 3.8) is 0 Å². The van der Waals surface area contributed by atoms with Gasteiger partial charge in [0.2, 0.25) is 0 Å². The second-order valence-corrected chi connectivity index (χ2v) is 4.33. The van der Waals surface area contributed by atoms with Crippen LogP contribution in [-0.4, -0.2) is 26.9 Å². The van der Waals surface area contributed by atoms with Gasteiger partial charge in [0.25, 0.3) is 0 Å². The maximum atomic E-state index is 5.42. The van der Waals surface area contributed by atoms with Crippen LogP contribution in [0.15, 0.2) is 22.7 Å². The Bertz CT molecular complexity index is 337. The molecule has 4 heteroatoms. The van der Waals surface area contributed by atoms with Crippen LogP contribution in [0.3, 0.4) is 0 Å². The summed E-state index contributed by atoms with van der Waals surface area (Å²) in [4.78, 5) is 0. The Morgan fingerprint density at radius 1 is 1.53 bits per heavy atom. The number of rotatable bonds is 2. The summed E-state index contributed by atoms with van der Waals surface area (Å²) in [6.07, 6.45) is 0. The van der Waals surface area contributed by atoms with E-state index in [1.54, 1.807) is 7.11 Å². The van der Waals surface area contributed by atoms with Crippen LogP contribution in [0.5, 0.6) is 5.75 Å². The summed E-state index contributed by atoms with van der Waals surface area (Å²) in [6.45, 7) is 2.45. The van der Waals surface area contributed by atoms with Crippen LogP contribution in [0, 0.1) is 0 Å². The molecule has 2 rings (SSSR count). The van der Waals surface area contributed by atoms with Gasteiger partial charge in [0.1, 0.15) is 5.75 Å². The van der Waals surface area contributed by atoms with Gasteiger partial charge in [-0.1, -0.05) is 6.07 Å². The average Bonchev–Trinajstić information content (AvgIpc) is 2.30. The average molecular weight is 272 g/mol. The highest BCUT2D eigenvalue weighted by Gasteiger charge is 2.15. The summed E-state index contributed by atoms with van der Waals surface area (Å²) in [5.41, 5.74) is 1.22. The van der Waals surface area contributed by atoms with E-state index in [0.29, 0.717) is 6.04 Å². The topological polar surface area (TPSA) is 30.5 Å². The molecule has 82 valence electrons. The third-order valence-electron chi connectivity index (χ3n) is 2.50. The van der Waals surface area contributed by atoms with Crippen LogP contribution < -0.4 is 10.1 Å². The van der Waals surface area contributed by atoms with E-state index in [4.69, 9.17) is 9.47 Å². The maximum Gasteiger partial charge on any atom is 0.133 e. The minimum atomic E-state index is 0.293. The number of nitrogens with one attached hydrogen (secondary N) is 1. The van der Waals surface area contributed by atoms with Crippen molar-refractivity contribution in [2.75, 3.05) is 26.9 Å². The second kappa shape index (κ2) is 4.96. The molecule has 0 unspecified atom stereocenters. The van der Waals surface area contributed by atoms with Gasteiger partial charge in [-0.25, -0.2) is 0 Å². The number of ether oxygens (including phenoxy) is 2. The quantitative estimate of drug-likeness (QED) is 0.894. The van der Waals surface area contributed by atoms with Gasteiger partial charge >= 0.3 is 0 Å². The van der Waals surface area contributed by atoms with Crippen molar-refractivity contribution in [1.29, 1.82) is 0 Å². The predicted octanol–water partition coefficient (Wildman–Crippen LogP) is 2.12. The van der Waals surface area contributed by atoms with Gasteiger partial charge in [-0.3, -0.25) is 0 Å². The zero-order valence-corrected chi connectivity index (χ0v) is 10.2. The molecule has 3 nitrogen and oxygen atoms in total. The molecule has 15 heavy (non-hydrogen) atoms. The molecule has 0 aliphatic carbocycles. The molecule has 1 fully saturated rings. The van der Waals surface area contributed by atoms with Gasteiger partial charge < -0.3 is 14.8 Å². The SMILES string of the molecule is COc1ccc([C@H]2COCCN2)cc1Br. The molecular weight excluding hydrogens is 258 g/mol. The largest absolute Gasteiger partial charge is 0.496 e. The highest BCUT2D eigenvalue weighted by Crippen LogP contribution is 2.28. The molecule has 0 radical (unpaired) electrons. The van der Waals surface area contributed by atoms with Gasteiger partial charge in [-0.2, -0.15) is 0 Å². The molecule has 0 amide bonds. The van der Waals surface area contributed by atoms with Crippen molar-refractivity contribution in [2.24, 2.45) is 0 Å². The third-order valence-corrected chi connectivity index (χ3v) is 3.12. The fourth-order valence-corrected chi connectivity index (χ4v) is 2.24. The summed E-state index contributed by atoms with van der Waals surface area (Å²) >= 11 is 3.48. The smallest absolute Gasteiger partial charge is 0.133 e. The monoisotopic (exact) mass is 271 g/mol. The van der Waals surface area contributed by atoms with Gasteiger partial charge in [0, 0.05) is 6.54 Å². The molecule has 1 saturated heterocycles. The molecule has 1 N–H and O–H groups in total. The first-order valence-corrected chi connectivity index (χ1v) is 5.75. The number of hydrogen-bond donors (Lipinski definition) is 1. The Morgan fingerprint density at radius 3 is 3.00 bits per heavy atom. The minimum absolute atomic E-state index is 0.293. The molecular formula is C11H14BrNO2. The first-order valence-electron chi connectivity index (χ1n) is 4.96. The second-order valence-electron chi connectivity index (χ2n) is 3.48. The van der Waals surface area contributed by atoms with Crippen molar-refractivity contribution in [3.8, 4) is 5.75 Å². The maximum absolute atomic E-state index is 5.42. The lowest BCUT2D eigenvalue weighted by Crippen LogP contribution is -2.34. The third kappa shape index (κ3) is 2.51. The normalized spacial score (nSPS) is 21.3. The van der Waals surface area contributed by atoms with Crippen molar-refractivity contribution >= 4 is 15.9 Å². The summed E-state index contributed by atoms with van der Waals surface area (Å²) in [6, 6.07) is 6.40. The van der Waals surface area contributed by atoms with Crippen LogP contribution in [0.1, 0.15) is 11.6 Å². The summed E-state index contributed by atoms with van der Waals surface area (Å²) < 4.78 is 11.6. The molecule has 0 bridgehead atoms. The van der Waals surface area contributed by atoms with Crippen molar-refractivity contribution in [1.82, 2.24) is 5.32 Å². The van der Waals surface area contributed by atoms with Crippen LogP contribution in [-0.2, 0) is 4.74 Å². The lowest BCUT2D eigenvalue weighted by atomic mass is 10.1. The van der Waals surface area contributed by atoms with Crippen LogP contribution in [0.2, 0.25) is 0 Å². The number of morpholine rings is 1. The molecule has 1 heterocycles. The van der Waals surface area contributed by atoms with Crippen molar-refractivity contribution in [2.45, 2.75) is 6.04 Å². The minimum Gasteiger partial charge on any atom is -0.496 e. The number of methoxy groups -OCH3 is 1. The van der Waals surface area contributed by atoms with E-state index < -0.39 is 0 Å². The molecule has 1 aliphatic rings. The summed E-state index contributed by atoms with van der Waals surface area (Å²) in [7, 11) is 1.67. The van der Waals surface area contributed by atoms with E-state index >= 15 is 0 Å². The standard InChI is InChI=1S/C11H14BrNO2/c1-14-11-3-2-8(6-9(11)12)10-7-15-5-4-13-10/h2-3,6,10,13H,4-5,7H2,1H3/t10-/m1/s1. The zero-order chi connectivity index (χ0) is 10.7. The Labute approximate surface area is 97.9 Å². The Hall–Kier alpha value is -0.580. The molecule has 1 aromatic carbocycles. The lowest BCUT2D eigenvalue weighted by molar-refractivity contribution is 0.0768. The molecule has 1 aliphatic heterocycles. The zero-order valence-electron chi connectivity index (χ0n) is 8.63. The van der Waals surface area contributed by atoms with Crippen LogP contribution in [0.25, 0.3) is 0 Å². The van der Waals surface area contributed by atoms with Gasteiger partial charge in [0.05, 0.1) is 30.8 Å². The highest BCUT2D eigenvalue weighted by molar-refractivity contribution is 9.10. The Morgan fingerprint density at radius 2 is 2.40 bits per heavy atom. The molecule has 1 aromatic rings. The van der Waals surface area contributed by atoms with Crippen LogP contribution >= 0.6 is 15.9 Å². The summed E-state index contributed by atoms with van der Waals surface area (Å²) in [5.74, 6) is 0.857. The fourth-order valence-electron chi connectivity index (χ4n) is 1.68. The number of hydrogen-bond acceptors (Lipinski definition) is 3.